The molecule has 1 unspecified atom stereocenters. The quantitative estimate of drug-likeness (QED) is 0.721. The summed E-state index contributed by atoms with van der Waals surface area (Å²) in [5, 5.41) is 3.28. The summed E-state index contributed by atoms with van der Waals surface area (Å²) >= 11 is 0. The molecule has 4 nitrogen and oxygen atoms in total. The van der Waals surface area contributed by atoms with Crippen LogP contribution in [-0.2, 0) is 4.74 Å². The Morgan fingerprint density at radius 1 is 1.53 bits per heavy atom. The van der Waals surface area contributed by atoms with Crippen molar-refractivity contribution in [3.8, 4) is 0 Å². The Morgan fingerprint density at radius 3 is 2.73 bits per heavy atom. The summed E-state index contributed by atoms with van der Waals surface area (Å²) in [5.41, 5.74) is -0.403. The molecule has 0 radical (unpaired) electrons. The fourth-order valence-electron chi connectivity index (χ4n) is 1.69. The number of amides is 1. The first-order valence-corrected chi connectivity index (χ1v) is 5.64. The van der Waals surface area contributed by atoms with Crippen LogP contribution < -0.4 is 5.32 Å². The van der Waals surface area contributed by atoms with E-state index in [1.165, 1.54) is 0 Å². The molecule has 1 fully saturated rings. The lowest BCUT2D eigenvalue weighted by atomic mass is 10.1. The number of piperazine rings is 1. The predicted molar refractivity (Wildman–Crippen MR) is 59.9 cm³/mol. The van der Waals surface area contributed by atoms with Crippen molar-refractivity contribution in [2.24, 2.45) is 0 Å². The summed E-state index contributed by atoms with van der Waals surface area (Å²) < 4.78 is 5.37. The molecular weight excluding hydrogens is 192 g/mol. The van der Waals surface area contributed by atoms with Crippen molar-refractivity contribution in [1.29, 1.82) is 0 Å². The molecule has 1 heterocycles. The zero-order valence-corrected chi connectivity index (χ0v) is 10.2. The summed E-state index contributed by atoms with van der Waals surface area (Å²) in [6, 6.07) is 0.272. The van der Waals surface area contributed by atoms with E-state index in [9.17, 15) is 4.79 Å². The molecule has 15 heavy (non-hydrogen) atoms. The summed E-state index contributed by atoms with van der Waals surface area (Å²) in [4.78, 5) is 13.7. The molecule has 0 saturated carbocycles. The number of nitrogens with zero attached hydrogens (tertiary/aromatic N) is 1. The van der Waals surface area contributed by atoms with Gasteiger partial charge >= 0.3 is 6.09 Å². The number of hydrogen-bond donors (Lipinski definition) is 1. The van der Waals surface area contributed by atoms with Crippen LogP contribution in [0.2, 0.25) is 0 Å². The number of hydrogen-bond acceptors (Lipinski definition) is 3. The normalized spacial score (nSPS) is 22.7. The molecule has 1 aliphatic heterocycles. The van der Waals surface area contributed by atoms with Gasteiger partial charge in [-0.3, -0.25) is 0 Å². The van der Waals surface area contributed by atoms with Gasteiger partial charge in [0.1, 0.15) is 5.60 Å². The number of carbonyl (C=O) groups is 1. The van der Waals surface area contributed by atoms with Crippen LogP contribution in [0.3, 0.4) is 0 Å². The highest BCUT2D eigenvalue weighted by Gasteiger charge is 2.28. The van der Waals surface area contributed by atoms with Gasteiger partial charge < -0.3 is 15.0 Å². The Bertz CT molecular complexity index is 223. The molecule has 0 aromatic heterocycles. The van der Waals surface area contributed by atoms with Crippen LogP contribution in [0.5, 0.6) is 0 Å². The third-order valence-corrected chi connectivity index (χ3v) is 2.45. The van der Waals surface area contributed by atoms with Crippen LogP contribution >= 0.6 is 0 Å². The van der Waals surface area contributed by atoms with Gasteiger partial charge in [-0.25, -0.2) is 4.79 Å². The van der Waals surface area contributed by atoms with E-state index < -0.39 is 5.60 Å². The highest BCUT2D eigenvalue weighted by molar-refractivity contribution is 5.68. The third-order valence-electron chi connectivity index (χ3n) is 2.45. The molecule has 1 N–H and O–H groups in total. The lowest BCUT2D eigenvalue weighted by Gasteiger charge is -2.36. The first-order chi connectivity index (χ1) is 6.94. The fourth-order valence-corrected chi connectivity index (χ4v) is 1.69. The second kappa shape index (κ2) is 4.84. The standard InChI is InChI=1S/C11H22N2O2/c1-5-9-8-12-6-7-13(9)10(14)15-11(2,3)4/h9,12H,5-8H2,1-4H3. The first kappa shape index (κ1) is 12.3. The SMILES string of the molecule is CCC1CNCCN1C(=O)OC(C)(C)C. The average molecular weight is 214 g/mol. The molecule has 88 valence electrons. The maximum absolute atomic E-state index is 11.9. The fraction of sp³-hybridized carbons (Fsp3) is 0.909. The van der Waals surface area contributed by atoms with Gasteiger partial charge in [0.2, 0.25) is 0 Å². The van der Waals surface area contributed by atoms with Crippen molar-refractivity contribution in [3.63, 3.8) is 0 Å². The van der Waals surface area contributed by atoms with E-state index in [0.717, 1.165) is 26.1 Å². The Labute approximate surface area is 92.0 Å². The van der Waals surface area contributed by atoms with Crippen molar-refractivity contribution in [1.82, 2.24) is 10.2 Å². The van der Waals surface area contributed by atoms with Crippen LogP contribution in [0.4, 0.5) is 4.79 Å². The summed E-state index contributed by atoms with van der Waals surface area (Å²) in [6.45, 7) is 10.3. The third kappa shape index (κ3) is 3.70. The molecule has 1 amide bonds. The predicted octanol–water partition coefficient (Wildman–Crippen LogP) is 1.61. The lowest BCUT2D eigenvalue weighted by Crippen LogP contribution is -2.54. The van der Waals surface area contributed by atoms with Crippen LogP contribution in [0.1, 0.15) is 34.1 Å². The minimum atomic E-state index is -0.403. The molecule has 1 saturated heterocycles. The van der Waals surface area contributed by atoms with Crippen molar-refractivity contribution < 1.29 is 9.53 Å². The van der Waals surface area contributed by atoms with Crippen LogP contribution in [0.25, 0.3) is 0 Å². The molecule has 0 bridgehead atoms. The second-order valence-corrected chi connectivity index (χ2v) is 4.94. The van der Waals surface area contributed by atoms with E-state index in [2.05, 4.69) is 12.2 Å². The topological polar surface area (TPSA) is 41.6 Å². The lowest BCUT2D eigenvalue weighted by molar-refractivity contribution is 0.0117. The number of carbonyl (C=O) groups excluding carboxylic acids is 1. The molecule has 0 aromatic carbocycles. The van der Waals surface area contributed by atoms with E-state index >= 15 is 0 Å². The molecule has 0 aromatic rings. The van der Waals surface area contributed by atoms with Gasteiger partial charge in [-0.1, -0.05) is 6.92 Å². The summed E-state index contributed by atoms with van der Waals surface area (Å²) in [7, 11) is 0. The largest absolute Gasteiger partial charge is 0.444 e. The molecule has 0 aliphatic carbocycles. The number of nitrogens with one attached hydrogen (secondary N) is 1. The molecule has 1 aliphatic rings. The van der Waals surface area contributed by atoms with Gasteiger partial charge in [-0.15, -0.1) is 0 Å². The van der Waals surface area contributed by atoms with Crippen LogP contribution in [0.15, 0.2) is 0 Å². The Kier molecular flexibility index (Phi) is 3.97. The summed E-state index contributed by atoms with van der Waals surface area (Å²) in [6.07, 6.45) is 0.780. The van der Waals surface area contributed by atoms with E-state index in [1.807, 2.05) is 25.7 Å². The van der Waals surface area contributed by atoms with E-state index in [0.29, 0.717) is 0 Å². The zero-order valence-electron chi connectivity index (χ0n) is 10.2. The van der Waals surface area contributed by atoms with Gasteiger partial charge in [0.25, 0.3) is 0 Å². The molecule has 0 spiro atoms. The smallest absolute Gasteiger partial charge is 0.410 e. The Balaban J connectivity index is 2.56. The highest BCUT2D eigenvalue weighted by Crippen LogP contribution is 2.14. The van der Waals surface area contributed by atoms with Crippen LogP contribution in [0, 0.1) is 0 Å². The second-order valence-electron chi connectivity index (χ2n) is 4.94. The number of rotatable bonds is 1. The maximum atomic E-state index is 11.9. The van der Waals surface area contributed by atoms with Crippen molar-refractivity contribution >= 4 is 6.09 Å². The van der Waals surface area contributed by atoms with Gasteiger partial charge in [-0.05, 0) is 27.2 Å². The van der Waals surface area contributed by atoms with E-state index in [1.54, 1.807) is 0 Å². The average Bonchev–Trinajstić information content (AvgIpc) is 2.15. The minimum absolute atomic E-state index is 0.184. The zero-order chi connectivity index (χ0) is 11.5. The van der Waals surface area contributed by atoms with Crippen molar-refractivity contribution in [2.75, 3.05) is 19.6 Å². The van der Waals surface area contributed by atoms with Crippen molar-refractivity contribution in [3.05, 3.63) is 0 Å². The minimum Gasteiger partial charge on any atom is -0.444 e. The summed E-state index contributed by atoms with van der Waals surface area (Å²) in [5.74, 6) is 0. The monoisotopic (exact) mass is 214 g/mol. The first-order valence-electron chi connectivity index (χ1n) is 5.64. The Hall–Kier alpha value is -0.770. The van der Waals surface area contributed by atoms with E-state index in [4.69, 9.17) is 4.74 Å². The molecule has 1 rings (SSSR count). The molecule has 4 heteroatoms. The maximum Gasteiger partial charge on any atom is 0.410 e. The van der Waals surface area contributed by atoms with Crippen molar-refractivity contribution in [2.45, 2.75) is 45.8 Å². The molecular formula is C11H22N2O2. The van der Waals surface area contributed by atoms with Gasteiger partial charge in [0, 0.05) is 25.7 Å². The van der Waals surface area contributed by atoms with Gasteiger partial charge in [0.15, 0.2) is 0 Å². The number of ether oxygens (including phenoxy) is 1. The molecule has 1 atom stereocenters. The Morgan fingerprint density at radius 2 is 2.20 bits per heavy atom. The van der Waals surface area contributed by atoms with Gasteiger partial charge in [-0.2, -0.15) is 0 Å². The van der Waals surface area contributed by atoms with Crippen LogP contribution in [-0.4, -0.2) is 42.3 Å². The highest BCUT2D eigenvalue weighted by atomic mass is 16.6. The van der Waals surface area contributed by atoms with E-state index in [-0.39, 0.29) is 12.1 Å². The van der Waals surface area contributed by atoms with Gasteiger partial charge in [0.05, 0.1) is 0 Å².